The van der Waals surface area contributed by atoms with Crippen LogP contribution in [0.4, 0.5) is 0 Å². The fourth-order valence-corrected chi connectivity index (χ4v) is 2.61. The summed E-state index contributed by atoms with van der Waals surface area (Å²) >= 11 is 3.29. The van der Waals surface area contributed by atoms with Crippen LogP contribution in [0.1, 0.15) is 10.5 Å². The molecule has 1 aliphatic rings. The minimum Gasteiger partial charge on any atom is -0.491 e. The standard InChI is InChI=1S/C12H9BrN2O3/c13-10-9(12(16)17)14-11-7-3-1-2-4-8(7)18-6-5-15(10)11/h1-4H,5-6H2,(H,16,17). The highest BCUT2D eigenvalue weighted by Crippen LogP contribution is 2.34. The highest BCUT2D eigenvalue weighted by Gasteiger charge is 2.24. The van der Waals surface area contributed by atoms with Gasteiger partial charge in [-0.15, -0.1) is 0 Å². The Kier molecular flexibility index (Phi) is 2.59. The summed E-state index contributed by atoms with van der Waals surface area (Å²) in [5, 5.41) is 9.10. The smallest absolute Gasteiger partial charge is 0.357 e. The lowest BCUT2D eigenvalue weighted by Crippen LogP contribution is -2.06. The number of benzene rings is 1. The lowest BCUT2D eigenvalue weighted by molar-refractivity contribution is 0.0689. The fourth-order valence-electron chi connectivity index (χ4n) is 2.00. The molecule has 0 aliphatic carbocycles. The van der Waals surface area contributed by atoms with Crippen molar-refractivity contribution in [3.8, 4) is 17.1 Å². The molecular formula is C12H9BrN2O3. The molecule has 1 N–H and O–H groups in total. The van der Waals surface area contributed by atoms with E-state index in [9.17, 15) is 4.79 Å². The van der Waals surface area contributed by atoms with Crippen LogP contribution in [0, 0.1) is 0 Å². The van der Waals surface area contributed by atoms with Crippen molar-refractivity contribution in [2.24, 2.45) is 0 Å². The Hall–Kier alpha value is -1.82. The van der Waals surface area contributed by atoms with Crippen LogP contribution in [0.25, 0.3) is 11.4 Å². The first-order chi connectivity index (χ1) is 8.68. The number of hydrogen-bond donors (Lipinski definition) is 1. The van der Waals surface area contributed by atoms with Gasteiger partial charge >= 0.3 is 5.97 Å². The number of hydrogen-bond acceptors (Lipinski definition) is 3. The van der Waals surface area contributed by atoms with Gasteiger partial charge in [-0.2, -0.15) is 0 Å². The largest absolute Gasteiger partial charge is 0.491 e. The zero-order chi connectivity index (χ0) is 12.7. The van der Waals surface area contributed by atoms with Crippen LogP contribution in [0.15, 0.2) is 28.9 Å². The summed E-state index contributed by atoms with van der Waals surface area (Å²) in [6.07, 6.45) is 0. The number of ether oxygens (including phenoxy) is 1. The van der Waals surface area contributed by atoms with Crippen LogP contribution in [-0.2, 0) is 6.54 Å². The summed E-state index contributed by atoms with van der Waals surface area (Å²) < 4.78 is 7.91. The predicted octanol–water partition coefficient (Wildman–Crippen LogP) is 2.40. The second-order valence-electron chi connectivity index (χ2n) is 3.88. The van der Waals surface area contributed by atoms with Gasteiger partial charge in [0, 0.05) is 0 Å². The maximum Gasteiger partial charge on any atom is 0.357 e. The van der Waals surface area contributed by atoms with E-state index in [1.165, 1.54) is 0 Å². The highest BCUT2D eigenvalue weighted by molar-refractivity contribution is 9.10. The molecule has 0 unspecified atom stereocenters. The number of fused-ring (bicyclic) bond motifs is 3. The molecule has 3 rings (SSSR count). The Morgan fingerprint density at radius 3 is 3.00 bits per heavy atom. The zero-order valence-corrected chi connectivity index (χ0v) is 10.8. The number of aromatic nitrogens is 2. The van der Waals surface area contributed by atoms with Crippen molar-refractivity contribution in [3.05, 3.63) is 34.6 Å². The zero-order valence-electron chi connectivity index (χ0n) is 9.26. The Bertz CT molecular complexity index is 636. The van der Waals surface area contributed by atoms with Gasteiger partial charge in [-0.05, 0) is 28.1 Å². The van der Waals surface area contributed by atoms with E-state index in [0.29, 0.717) is 23.6 Å². The summed E-state index contributed by atoms with van der Waals surface area (Å²) in [5.41, 5.74) is 0.838. The van der Waals surface area contributed by atoms with E-state index in [4.69, 9.17) is 9.84 Å². The van der Waals surface area contributed by atoms with E-state index >= 15 is 0 Å². The van der Waals surface area contributed by atoms with E-state index < -0.39 is 5.97 Å². The summed E-state index contributed by atoms with van der Waals surface area (Å²) in [5.74, 6) is 0.305. The van der Waals surface area contributed by atoms with E-state index in [0.717, 1.165) is 11.3 Å². The molecule has 92 valence electrons. The maximum atomic E-state index is 11.1. The minimum atomic E-state index is -1.04. The van der Waals surface area contributed by atoms with Crippen LogP contribution in [0.5, 0.6) is 5.75 Å². The van der Waals surface area contributed by atoms with Crippen molar-refractivity contribution in [2.75, 3.05) is 6.61 Å². The summed E-state index contributed by atoms with van der Waals surface area (Å²) in [6.45, 7) is 1.04. The molecule has 6 heteroatoms. The highest BCUT2D eigenvalue weighted by atomic mass is 79.9. The molecular weight excluding hydrogens is 300 g/mol. The van der Waals surface area contributed by atoms with E-state index in [2.05, 4.69) is 20.9 Å². The molecule has 0 bridgehead atoms. The first-order valence-electron chi connectivity index (χ1n) is 5.40. The number of halogens is 1. The first kappa shape index (κ1) is 11.3. The minimum absolute atomic E-state index is 0.0294. The molecule has 0 saturated heterocycles. The van der Waals surface area contributed by atoms with Gasteiger partial charge in [0.1, 0.15) is 22.8 Å². The molecule has 0 fully saturated rings. The molecule has 0 atom stereocenters. The molecule has 0 spiro atoms. The average Bonchev–Trinajstić information content (AvgIpc) is 2.57. The SMILES string of the molecule is O=C(O)c1nc2n(c1Br)CCOc1ccccc1-2. The monoisotopic (exact) mass is 308 g/mol. The molecule has 1 aliphatic heterocycles. The topological polar surface area (TPSA) is 64.3 Å². The number of para-hydroxylation sites is 1. The van der Waals surface area contributed by atoms with Gasteiger partial charge in [0.2, 0.25) is 0 Å². The number of carboxylic acids is 1. The van der Waals surface area contributed by atoms with Crippen molar-refractivity contribution < 1.29 is 14.6 Å². The molecule has 1 aromatic heterocycles. The Labute approximate surface area is 111 Å². The third-order valence-electron chi connectivity index (χ3n) is 2.81. The Balaban J connectivity index is 2.27. The fraction of sp³-hybridized carbons (Fsp3) is 0.167. The van der Waals surface area contributed by atoms with Crippen LogP contribution in [-0.4, -0.2) is 27.2 Å². The Morgan fingerprint density at radius 2 is 2.22 bits per heavy atom. The third kappa shape index (κ3) is 1.60. The van der Waals surface area contributed by atoms with Gasteiger partial charge in [0.15, 0.2) is 5.69 Å². The van der Waals surface area contributed by atoms with Crippen molar-refractivity contribution in [1.82, 2.24) is 9.55 Å². The van der Waals surface area contributed by atoms with Crippen molar-refractivity contribution in [1.29, 1.82) is 0 Å². The number of carbonyl (C=O) groups is 1. The summed E-state index contributed by atoms with van der Waals surface area (Å²) in [4.78, 5) is 15.3. The van der Waals surface area contributed by atoms with Gasteiger partial charge in [-0.25, -0.2) is 9.78 Å². The van der Waals surface area contributed by atoms with Crippen molar-refractivity contribution >= 4 is 21.9 Å². The third-order valence-corrected chi connectivity index (χ3v) is 3.61. The van der Waals surface area contributed by atoms with Crippen LogP contribution >= 0.6 is 15.9 Å². The van der Waals surface area contributed by atoms with Gasteiger partial charge in [-0.3, -0.25) is 0 Å². The molecule has 2 heterocycles. The van der Waals surface area contributed by atoms with Gasteiger partial charge < -0.3 is 14.4 Å². The van der Waals surface area contributed by atoms with Crippen LogP contribution < -0.4 is 4.74 Å². The first-order valence-corrected chi connectivity index (χ1v) is 6.19. The van der Waals surface area contributed by atoms with Crippen molar-refractivity contribution in [3.63, 3.8) is 0 Å². The van der Waals surface area contributed by atoms with Gasteiger partial charge in [0.05, 0.1) is 12.1 Å². The maximum absolute atomic E-state index is 11.1. The number of nitrogens with zero attached hydrogens (tertiary/aromatic N) is 2. The van der Waals surface area contributed by atoms with Crippen molar-refractivity contribution in [2.45, 2.75) is 6.54 Å². The van der Waals surface area contributed by atoms with E-state index in [1.54, 1.807) is 0 Å². The summed E-state index contributed by atoms with van der Waals surface area (Å²) in [7, 11) is 0. The molecule has 0 radical (unpaired) electrons. The Morgan fingerprint density at radius 1 is 1.44 bits per heavy atom. The molecule has 18 heavy (non-hydrogen) atoms. The molecule has 2 aromatic rings. The molecule has 0 amide bonds. The van der Waals surface area contributed by atoms with Crippen LogP contribution in [0.3, 0.4) is 0 Å². The lowest BCUT2D eigenvalue weighted by atomic mass is 10.2. The quantitative estimate of drug-likeness (QED) is 0.878. The van der Waals surface area contributed by atoms with E-state index in [1.807, 2.05) is 28.8 Å². The molecule has 5 nitrogen and oxygen atoms in total. The number of aromatic carboxylic acids is 1. The number of carboxylic acid groups (broad SMARTS) is 1. The van der Waals surface area contributed by atoms with Gasteiger partial charge in [-0.1, -0.05) is 12.1 Å². The predicted molar refractivity (Wildman–Crippen MR) is 67.8 cm³/mol. The van der Waals surface area contributed by atoms with E-state index in [-0.39, 0.29) is 5.69 Å². The number of imidazole rings is 1. The average molecular weight is 309 g/mol. The molecule has 1 aromatic carbocycles. The molecule has 0 saturated carbocycles. The lowest BCUT2D eigenvalue weighted by Gasteiger charge is -2.04. The second-order valence-corrected chi connectivity index (χ2v) is 4.63. The second kappa shape index (κ2) is 4.13. The number of rotatable bonds is 1. The summed E-state index contributed by atoms with van der Waals surface area (Å²) in [6, 6.07) is 7.48. The van der Waals surface area contributed by atoms with Gasteiger partial charge in [0.25, 0.3) is 0 Å². The van der Waals surface area contributed by atoms with Crippen LogP contribution in [0.2, 0.25) is 0 Å². The normalized spacial score (nSPS) is 13.2.